The van der Waals surface area contributed by atoms with E-state index in [1.807, 2.05) is 6.92 Å². The van der Waals surface area contributed by atoms with Crippen LogP contribution in [0, 0.1) is 0 Å². The van der Waals surface area contributed by atoms with Crippen LogP contribution in [-0.2, 0) is 16.0 Å². The second-order valence-electron chi connectivity index (χ2n) is 6.84. The topological polar surface area (TPSA) is 120 Å². The van der Waals surface area contributed by atoms with Crippen molar-refractivity contribution in [3.63, 3.8) is 0 Å². The highest BCUT2D eigenvalue weighted by atomic mass is 32.1. The molecule has 1 aliphatic rings. The Labute approximate surface area is 160 Å². The van der Waals surface area contributed by atoms with Crippen molar-refractivity contribution >= 4 is 34.2 Å². The van der Waals surface area contributed by atoms with Crippen molar-refractivity contribution in [3.05, 3.63) is 29.3 Å². The number of likely N-dealkylation sites (tertiary alicyclic amines) is 1. The van der Waals surface area contributed by atoms with Gasteiger partial charge in [0.2, 0.25) is 11.8 Å². The molecule has 3 N–H and O–H groups in total. The van der Waals surface area contributed by atoms with Crippen molar-refractivity contribution in [3.8, 4) is 0 Å². The summed E-state index contributed by atoms with van der Waals surface area (Å²) < 4.78 is 0. The molecule has 0 radical (unpaired) electrons. The second kappa shape index (κ2) is 7.87. The van der Waals surface area contributed by atoms with Gasteiger partial charge in [-0.3, -0.25) is 14.4 Å². The van der Waals surface area contributed by atoms with Crippen LogP contribution in [0.3, 0.4) is 0 Å². The summed E-state index contributed by atoms with van der Waals surface area (Å²) in [4.78, 5) is 48.9. The zero-order chi connectivity index (χ0) is 19.4. The number of rotatable bonds is 6. The molecular formula is C17H22N6O3S. The highest BCUT2D eigenvalue weighted by molar-refractivity contribution is 7.14. The number of H-pyrrole nitrogens is 1. The molecule has 3 rings (SSSR count). The van der Waals surface area contributed by atoms with Crippen molar-refractivity contribution in [2.75, 3.05) is 18.4 Å². The van der Waals surface area contributed by atoms with Gasteiger partial charge in [-0.05, 0) is 13.3 Å². The number of carbonyl (C=O) groups is 3. The molecule has 1 atom stereocenters. The first kappa shape index (κ1) is 19.0. The Bertz CT molecular complexity index is 834. The van der Waals surface area contributed by atoms with E-state index in [1.54, 1.807) is 22.7 Å². The van der Waals surface area contributed by atoms with Crippen molar-refractivity contribution in [1.29, 1.82) is 0 Å². The van der Waals surface area contributed by atoms with Crippen molar-refractivity contribution in [2.24, 2.45) is 0 Å². The number of aromatic amines is 1. The monoisotopic (exact) mass is 390 g/mol. The fourth-order valence-electron chi connectivity index (χ4n) is 3.04. The van der Waals surface area contributed by atoms with Crippen LogP contribution in [0.5, 0.6) is 0 Å². The molecule has 0 aromatic carbocycles. The van der Waals surface area contributed by atoms with E-state index in [-0.39, 0.29) is 17.7 Å². The summed E-state index contributed by atoms with van der Waals surface area (Å²) in [5.74, 6) is 0.285. The minimum Gasteiger partial charge on any atom is -0.349 e. The van der Waals surface area contributed by atoms with Crippen LogP contribution in [0.2, 0.25) is 0 Å². The first-order chi connectivity index (χ1) is 12.8. The van der Waals surface area contributed by atoms with Crippen LogP contribution in [-0.4, -0.2) is 56.2 Å². The SMILES string of the molecule is CC(=O)Nc1nc(C(=O)N2CCC(C)(NC(=O)CCc3ncc[nH]3)C2)cs1. The van der Waals surface area contributed by atoms with Crippen molar-refractivity contribution in [2.45, 2.75) is 38.6 Å². The number of aryl methyl sites for hydroxylation is 1. The van der Waals surface area contributed by atoms with E-state index in [1.165, 1.54) is 18.3 Å². The molecule has 3 heterocycles. The molecule has 2 aromatic heterocycles. The first-order valence-electron chi connectivity index (χ1n) is 8.66. The Hall–Kier alpha value is -2.75. The fourth-order valence-corrected chi connectivity index (χ4v) is 3.77. The van der Waals surface area contributed by atoms with Crippen molar-refractivity contribution < 1.29 is 14.4 Å². The second-order valence-corrected chi connectivity index (χ2v) is 7.70. The zero-order valence-corrected chi connectivity index (χ0v) is 16.1. The Morgan fingerprint density at radius 1 is 1.41 bits per heavy atom. The number of nitrogens with zero attached hydrogens (tertiary/aromatic N) is 3. The lowest BCUT2D eigenvalue weighted by Crippen LogP contribution is -2.48. The van der Waals surface area contributed by atoms with Crippen LogP contribution in [0.4, 0.5) is 5.13 Å². The summed E-state index contributed by atoms with van der Waals surface area (Å²) in [7, 11) is 0. The smallest absolute Gasteiger partial charge is 0.273 e. The predicted octanol–water partition coefficient (Wildman–Crippen LogP) is 1.18. The van der Waals surface area contributed by atoms with Gasteiger partial charge in [-0.2, -0.15) is 0 Å². The van der Waals surface area contributed by atoms with E-state index in [0.29, 0.717) is 43.2 Å². The van der Waals surface area contributed by atoms with Crippen LogP contribution in [0.15, 0.2) is 17.8 Å². The molecule has 1 unspecified atom stereocenters. The van der Waals surface area contributed by atoms with E-state index in [4.69, 9.17) is 0 Å². The molecule has 144 valence electrons. The molecule has 1 saturated heterocycles. The summed E-state index contributed by atoms with van der Waals surface area (Å²) in [6.07, 6.45) is 4.94. The summed E-state index contributed by atoms with van der Waals surface area (Å²) >= 11 is 1.21. The number of aromatic nitrogens is 3. The van der Waals surface area contributed by atoms with Crippen LogP contribution >= 0.6 is 11.3 Å². The van der Waals surface area contributed by atoms with E-state index in [9.17, 15) is 14.4 Å². The van der Waals surface area contributed by atoms with Gasteiger partial charge in [0, 0.05) is 50.6 Å². The number of hydrogen-bond acceptors (Lipinski definition) is 6. The number of thiazole rings is 1. The van der Waals surface area contributed by atoms with Crippen molar-refractivity contribution in [1.82, 2.24) is 25.2 Å². The van der Waals surface area contributed by atoms with E-state index in [2.05, 4.69) is 25.6 Å². The third-order valence-electron chi connectivity index (χ3n) is 4.35. The minimum atomic E-state index is -0.466. The molecule has 2 aromatic rings. The lowest BCUT2D eigenvalue weighted by atomic mass is 10.0. The van der Waals surface area contributed by atoms with Gasteiger partial charge in [-0.1, -0.05) is 0 Å². The van der Waals surface area contributed by atoms with Gasteiger partial charge < -0.3 is 20.5 Å². The average molecular weight is 390 g/mol. The molecule has 9 nitrogen and oxygen atoms in total. The zero-order valence-electron chi connectivity index (χ0n) is 15.2. The minimum absolute atomic E-state index is 0.0650. The molecule has 1 fully saturated rings. The largest absolute Gasteiger partial charge is 0.349 e. The van der Waals surface area contributed by atoms with Crippen LogP contribution < -0.4 is 10.6 Å². The molecule has 0 bridgehead atoms. The first-order valence-corrected chi connectivity index (χ1v) is 9.54. The molecule has 0 spiro atoms. The molecule has 3 amide bonds. The number of hydrogen-bond donors (Lipinski definition) is 3. The summed E-state index contributed by atoms with van der Waals surface area (Å²) in [6.45, 7) is 4.30. The highest BCUT2D eigenvalue weighted by Gasteiger charge is 2.38. The normalized spacial score (nSPS) is 19.1. The maximum Gasteiger partial charge on any atom is 0.273 e. The van der Waals surface area contributed by atoms with E-state index >= 15 is 0 Å². The molecule has 0 saturated carbocycles. The quantitative estimate of drug-likeness (QED) is 0.684. The number of anilines is 1. The molecule has 1 aliphatic heterocycles. The lowest BCUT2D eigenvalue weighted by Gasteiger charge is -2.26. The van der Waals surface area contributed by atoms with Gasteiger partial charge in [0.05, 0.1) is 5.54 Å². The van der Waals surface area contributed by atoms with Gasteiger partial charge in [0.15, 0.2) is 5.13 Å². The summed E-state index contributed by atoms with van der Waals surface area (Å²) in [6, 6.07) is 0. The Kier molecular flexibility index (Phi) is 5.54. The van der Waals surface area contributed by atoms with Crippen LogP contribution in [0.25, 0.3) is 0 Å². The number of amides is 3. The summed E-state index contributed by atoms with van der Waals surface area (Å²) in [5, 5.41) is 7.64. The maximum absolute atomic E-state index is 12.6. The molecule has 27 heavy (non-hydrogen) atoms. The Balaban J connectivity index is 1.53. The third-order valence-corrected chi connectivity index (χ3v) is 5.11. The average Bonchev–Trinajstić information content (AvgIpc) is 3.33. The van der Waals surface area contributed by atoms with Gasteiger partial charge in [0.1, 0.15) is 11.5 Å². The lowest BCUT2D eigenvalue weighted by molar-refractivity contribution is -0.122. The van der Waals surface area contributed by atoms with Gasteiger partial charge in [-0.25, -0.2) is 9.97 Å². The van der Waals surface area contributed by atoms with Crippen LogP contribution in [0.1, 0.15) is 43.0 Å². The number of imidazole rings is 1. The Morgan fingerprint density at radius 3 is 2.93 bits per heavy atom. The third kappa shape index (κ3) is 4.91. The fraction of sp³-hybridized carbons (Fsp3) is 0.471. The predicted molar refractivity (Wildman–Crippen MR) is 100 cm³/mol. The van der Waals surface area contributed by atoms with Gasteiger partial charge in [0.25, 0.3) is 5.91 Å². The number of nitrogens with one attached hydrogen (secondary N) is 3. The highest BCUT2D eigenvalue weighted by Crippen LogP contribution is 2.24. The van der Waals surface area contributed by atoms with Gasteiger partial charge >= 0.3 is 0 Å². The molecular weight excluding hydrogens is 368 g/mol. The molecule has 10 heteroatoms. The van der Waals surface area contributed by atoms with Gasteiger partial charge in [-0.15, -0.1) is 11.3 Å². The number of carbonyl (C=O) groups excluding carboxylic acids is 3. The Morgan fingerprint density at radius 2 is 2.22 bits per heavy atom. The molecule has 0 aliphatic carbocycles. The van der Waals surface area contributed by atoms with E-state index < -0.39 is 5.54 Å². The summed E-state index contributed by atoms with van der Waals surface area (Å²) in [5.41, 5.74) is -0.163. The van der Waals surface area contributed by atoms with E-state index in [0.717, 1.165) is 5.82 Å². The standard InChI is InChI=1S/C17H22N6O3S/c1-11(24)20-16-21-12(9-27-16)15(26)23-8-5-17(2,10-23)22-14(25)4-3-13-18-6-7-19-13/h6-7,9H,3-5,8,10H2,1-2H3,(H,18,19)(H,22,25)(H,20,21,24). The maximum atomic E-state index is 12.6.